The summed E-state index contributed by atoms with van der Waals surface area (Å²) in [4.78, 5) is 56.2. The molecule has 0 spiro atoms. The summed E-state index contributed by atoms with van der Waals surface area (Å²) in [5, 5.41) is 47.2. The number of anilines is 1. The van der Waals surface area contributed by atoms with Crippen molar-refractivity contribution in [1.29, 1.82) is 0 Å². The Balaban J connectivity index is 2.16. The van der Waals surface area contributed by atoms with Gasteiger partial charge < -0.3 is 31.1 Å². The van der Waals surface area contributed by atoms with Gasteiger partial charge in [-0.15, -0.1) is 0 Å². The molecular weight excluding hydrogens is 528 g/mol. The molecule has 10 atom stereocenters. The van der Waals surface area contributed by atoms with Crippen molar-refractivity contribution in [2.24, 2.45) is 46.2 Å². The highest BCUT2D eigenvalue weighted by Gasteiger charge is 2.80. The fraction of sp³-hybridized carbons (Fsp3) is 0.677. The molecule has 2 unspecified atom stereocenters. The summed E-state index contributed by atoms with van der Waals surface area (Å²) in [5.41, 5.74) is 1.22. The maximum absolute atomic E-state index is 14.4. The summed E-state index contributed by atoms with van der Waals surface area (Å²) >= 11 is 0. The monoisotopic (exact) mass is 572 g/mol. The molecule has 10 heteroatoms. The van der Waals surface area contributed by atoms with Gasteiger partial charge in [-0.05, 0) is 46.8 Å². The Kier molecular flexibility index (Phi) is 7.50. The Labute approximate surface area is 240 Å². The minimum absolute atomic E-state index is 0.00634. The second-order valence-corrected chi connectivity index (χ2v) is 13.4. The number of nitrogens with two attached hydrogens (primary N) is 1. The second kappa shape index (κ2) is 9.88. The Hall–Kier alpha value is -2.82. The number of ketones is 3. The number of rotatable bonds is 6. The third-order valence-electron chi connectivity index (χ3n) is 11.2. The summed E-state index contributed by atoms with van der Waals surface area (Å²) in [7, 11) is 3.61. The lowest BCUT2D eigenvalue weighted by Crippen LogP contribution is -2.82. The lowest BCUT2D eigenvalue weighted by molar-refractivity contribution is -0.292. The molecule has 3 aliphatic carbocycles. The molecule has 0 aromatic heterocycles. The summed E-state index contributed by atoms with van der Waals surface area (Å²) in [5.74, 6) is -9.49. The van der Waals surface area contributed by atoms with Gasteiger partial charge in [-0.1, -0.05) is 41.5 Å². The molecule has 2 saturated carbocycles. The lowest BCUT2D eigenvalue weighted by Gasteiger charge is -2.71. The van der Waals surface area contributed by atoms with E-state index in [0.29, 0.717) is 11.3 Å². The van der Waals surface area contributed by atoms with E-state index in [4.69, 9.17) is 5.73 Å². The van der Waals surface area contributed by atoms with Crippen molar-refractivity contribution in [3.8, 4) is 5.75 Å². The third-order valence-corrected chi connectivity index (χ3v) is 11.2. The quantitative estimate of drug-likeness (QED) is 0.318. The lowest BCUT2D eigenvalue weighted by atomic mass is 9.33. The Morgan fingerprint density at radius 2 is 1.71 bits per heavy atom. The van der Waals surface area contributed by atoms with Crippen LogP contribution >= 0.6 is 0 Å². The van der Waals surface area contributed by atoms with E-state index in [1.54, 1.807) is 54.8 Å². The van der Waals surface area contributed by atoms with E-state index < -0.39 is 81.6 Å². The number of Topliss-reactive ketones (excluding diaryl/α,β-unsaturated/α-hetero) is 3. The number of aliphatic hydroxyl groups is 3. The predicted molar refractivity (Wildman–Crippen MR) is 151 cm³/mol. The number of amides is 1. The first-order valence-electron chi connectivity index (χ1n) is 14.4. The number of carbonyl (C=O) groups is 4. The van der Waals surface area contributed by atoms with Crippen molar-refractivity contribution in [2.45, 2.75) is 78.1 Å². The number of carbonyl (C=O) groups excluding carboxylic acids is 4. The van der Waals surface area contributed by atoms with Crippen molar-refractivity contribution in [3.05, 3.63) is 23.3 Å². The largest absolute Gasteiger partial charge is 0.507 e. The van der Waals surface area contributed by atoms with Crippen LogP contribution in [0.25, 0.3) is 0 Å². The highest BCUT2D eigenvalue weighted by Crippen LogP contribution is 2.72. The molecule has 6 N–H and O–H groups in total. The van der Waals surface area contributed by atoms with Gasteiger partial charge in [0.25, 0.3) is 0 Å². The van der Waals surface area contributed by atoms with E-state index in [2.05, 4.69) is 0 Å². The van der Waals surface area contributed by atoms with Crippen LogP contribution in [0.4, 0.5) is 5.69 Å². The first-order valence-corrected chi connectivity index (χ1v) is 14.4. The molecule has 0 saturated heterocycles. The molecule has 2 fully saturated rings. The van der Waals surface area contributed by atoms with Crippen molar-refractivity contribution in [3.63, 3.8) is 0 Å². The number of benzene rings is 1. The Morgan fingerprint density at radius 1 is 1.12 bits per heavy atom. The standard InChI is InChI=1S/C31H44N2O8/c1-9-15(34)12-18-29(5)14(4)19-16(33(7)8)10-11-17(35)20(19)24(36)23(29)27(39)31(41)26(38)21(28(32)40)25(37)22(13(2)3)30(18,31)6/h10-11,13-14,18,21-23,25,27,35,37,39,41H,9,12H2,1-8H3,(H2,32,40)/t14-,18-,21-,22+,23-,25?,27?,29-,30-,31+/m1/s1. The molecule has 1 aromatic rings. The van der Waals surface area contributed by atoms with Gasteiger partial charge in [-0.2, -0.15) is 0 Å². The van der Waals surface area contributed by atoms with Gasteiger partial charge in [0.15, 0.2) is 17.2 Å². The van der Waals surface area contributed by atoms with Crippen molar-refractivity contribution in [1.82, 2.24) is 0 Å². The van der Waals surface area contributed by atoms with Crippen LogP contribution in [-0.2, 0) is 14.4 Å². The van der Waals surface area contributed by atoms with E-state index >= 15 is 0 Å². The van der Waals surface area contributed by atoms with Gasteiger partial charge in [0, 0.05) is 38.0 Å². The maximum atomic E-state index is 14.4. The van der Waals surface area contributed by atoms with Crippen LogP contribution in [0, 0.1) is 40.4 Å². The fourth-order valence-corrected chi connectivity index (χ4v) is 9.22. The van der Waals surface area contributed by atoms with Crippen LogP contribution in [0.15, 0.2) is 12.1 Å². The first-order chi connectivity index (χ1) is 18.9. The zero-order valence-electron chi connectivity index (χ0n) is 25.1. The average molecular weight is 573 g/mol. The van der Waals surface area contributed by atoms with Gasteiger partial charge in [0.05, 0.1) is 17.6 Å². The van der Waals surface area contributed by atoms with Crippen LogP contribution in [0.1, 0.15) is 76.2 Å². The molecule has 1 amide bonds. The molecular formula is C31H44N2O8. The molecule has 4 rings (SSSR count). The zero-order valence-corrected chi connectivity index (χ0v) is 25.1. The number of aliphatic hydroxyl groups excluding tert-OH is 2. The summed E-state index contributed by atoms with van der Waals surface area (Å²) in [6.45, 7) is 10.5. The fourth-order valence-electron chi connectivity index (χ4n) is 9.22. The number of aromatic hydroxyl groups is 1. The first kappa shape index (κ1) is 31.1. The summed E-state index contributed by atoms with van der Waals surface area (Å²) in [6, 6.07) is 3.10. The third kappa shape index (κ3) is 3.72. The van der Waals surface area contributed by atoms with Crippen LogP contribution in [0.3, 0.4) is 0 Å². The van der Waals surface area contributed by atoms with Gasteiger partial charge in [-0.25, -0.2) is 0 Å². The number of phenolic OH excluding ortho intramolecular Hbond substituents is 1. The molecule has 226 valence electrons. The molecule has 0 aliphatic heterocycles. The van der Waals surface area contributed by atoms with Gasteiger partial charge in [0.2, 0.25) is 5.91 Å². The van der Waals surface area contributed by atoms with Crippen LogP contribution in [0.5, 0.6) is 5.75 Å². The number of primary amides is 1. The van der Waals surface area contributed by atoms with Gasteiger partial charge in [-0.3, -0.25) is 19.2 Å². The van der Waals surface area contributed by atoms with Gasteiger partial charge >= 0.3 is 0 Å². The van der Waals surface area contributed by atoms with E-state index in [0.717, 1.165) is 0 Å². The van der Waals surface area contributed by atoms with E-state index in [1.165, 1.54) is 6.07 Å². The highest BCUT2D eigenvalue weighted by molar-refractivity contribution is 6.10. The van der Waals surface area contributed by atoms with Crippen molar-refractivity contribution in [2.75, 3.05) is 19.0 Å². The smallest absolute Gasteiger partial charge is 0.230 e. The molecule has 10 nitrogen and oxygen atoms in total. The molecule has 3 aliphatic rings. The SMILES string of the molecule is CCC(=O)C[C@@H]1[C@@]2(C)[C@H](C)c3c(N(C)C)ccc(O)c3C(=O)[C@@H]2C(O)[C@@]2(O)C(=O)[C@H](C(N)=O)C(O)[C@H](C(C)C)[C@@]12C. The Bertz CT molecular complexity index is 1310. The van der Waals surface area contributed by atoms with E-state index in [-0.39, 0.29) is 29.9 Å². The summed E-state index contributed by atoms with van der Waals surface area (Å²) < 4.78 is 0. The molecule has 41 heavy (non-hydrogen) atoms. The average Bonchev–Trinajstić information content (AvgIpc) is 2.87. The number of nitrogens with zero attached hydrogens (tertiary/aromatic N) is 1. The molecule has 1 aromatic carbocycles. The van der Waals surface area contributed by atoms with Crippen LogP contribution in [-0.4, -0.2) is 75.6 Å². The van der Waals surface area contributed by atoms with E-state index in [9.17, 15) is 39.6 Å². The highest BCUT2D eigenvalue weighted by atomic mass is 16.4. The van der Waals surface area contributed by atoms with Gasteiger partial charge in [0.1, 0.15) is 23.6 Å². The van der Waals surface area contributed by atoms with Crippen molar-refractivity contribution < 1.29 is 39.6 Å². The second-order valence-electron chi connectivity index (χ2n) is 13.4. The summed E-state index contributed by atoms with van der Waals surface area (Å²) in [6.07, 6.45) is -3.58. The number of fused-ring (bicyclic) bond motifs is 3. The maximum Gasteiger partial charge on any atom is 0.230 e. The minimum atomic E-state index is -2.70. The minimum Gasteiger partial charge on any atom is -0.507 e. The molecule has 0 bridgehead atoms. The normalized spacial score (nSPS) is 40.0. The zero-order chi connectivity index (χ0) is 31.1. The van der Waals surface area contributed by atoms with Crippen LogP contribution < -0.4 is 10.6 Å². The topological polar surface area (TPSA) is 178 Å². The number of phenols is 1. The molecule has 0 radical (unpaired) electrons. The van der Waals surface area contributed by atoms with Crippen molar-refractivity contribution >= 4 is 28.9 Å². The van der Waals surface area contributed by atoms with Crippen LogP contribution in [0.2, 0.25) is 0 Å². The predicted octanol–water partition coefficient (Wildman–Crippen LogP) is 1.80. The Morgan fingerprint density at radius 3 is 2.20 bits per heavy atom. The molecule has 0 heterocycles. The number of hydrogen-bond acceptors (Lipinski definition) is 9. The van der Waals surface area contributed by atoms with E-state index in [1.807, 2.05) is 11.8 Å². The number of hydrogen-bond donors (Lipinski definition) is 5.